The van der Waals surface area contributed by atoms with E-state index < -0.39 is 34.6 Å². The highest BCUT2D eigenvalue weighted by Crippen LogP contribution is 2.72. The lowest BCUT2D eigenvalue weighted by Gasteiger charge is -2.58. The highest BCUT2D eigenvalue weighted by atomic mass is 16.6. The van der Waals surface area contributed by atoms with E-state index in [1.807, 2.05) is 6.92 Å². The molecule has 2 spiro atoms. The van der Waals surface area contributed by atoms with Crippen LogP contribution in [0.4, 0.5) is 0 Å². The maximum absolute atomic E-state index is 13.0. The summed E-state index contributed by atoms with van der Waals surface area (Å²) in [5, 5.41) is 0. The largest absolute Gasteiger partial charge is 0.462 e. The first-order valence-electron chi connectivity index (χ1n) is 13.7. The molecule has 0 radical (unpaired) electrons. The number of Topliss-reactive ketones (excluding diaryl/α,β-unsaturated/α-hetero) is 1. The molecule has 2 aliphatic carbocycles. The third kappa shape index (κ3) is 4.49. The van der Waals surface area contributed by atoms with Gasteiger partial charge in [-0.1, -0.05) is 24.1 Å². The molecule has 8 heteroatoms. The second-order valence-corrected chi connectivity index (χ2v) is 11.9. The van der Waals surface area contributed by atoms with Crippen LogP contribution in [0.15, 0.2) is 23.3 Å². The number of carbonyl (C=O) groups is 3. The number of ether oxygens (including phenoxy) is 5. The second kappa shape index (κ2) is 9.93. The Balaban J connectivity index is 1.46. The Morgan fingerprint density at radius 1 is 1.03 bits per heavy atom. The van der Waals surface area contributed by atoms with E-state index in [-0.39, 0.29) is 37.0 Å². The summed E-state index contributed by atoms with van der Waals surface area (Å²) in [7, 11) is 0. The van der Waals surface area contributed by atoms with Crippen LogP contribution in [0, 0.1) is 10.8 Å². The topological polar surface area (TPSA) is 101 Å². The number of ketones is 1. The Morgan fingerprint density at radius 2 is 1.81 bits per heavy atom. The Kier molecular flexibility index (Phi) is 7.13. The van der Waals surface area contributed by atoms with E-state index in [0.717, 1.165) is 18.4 Å². The summed E-state index contributed by atoms with van der Waals surface area (Å²) in [6, 6.07) is 0. The van der Waals surface area contributed by atoms with Crippen molar-refractivity contribution < 1.29 is 38.1 Å². The van der Waals surface area contributed by atoms with Crippen molar-refractivity contribution >= 4 is 17.7 Å². The van der Waals surface area contributed by atoms with E-state index >= 15 is 0 Å². The third-order valence-electron chi connectivity index (χ3n) is 9.69. The zero-order valence-electron chi connectivity index (χ0n) is 22.5. The van der Waals surface area contributed by atoms with Gasteiger partial charge in [-0.05, 0) is 59.3 Å². The predicted octanol–water partition coefficient (Wildman–Crippen LogP) is 4.00. The standard InChI is InChI=1S/C29H40O8/c1-18-9-11-28-16-34-26(32)14-19(2)10-12-33-21(20(3)30)7-5-6-8-25(31)37-22-15-24(36-23(28)13-18)29(17-35-29)27(22,28)4/h13-14,21-24H,5-12,15-17H2,1-4H3/b19-14+/t21-,22-,23-,24-,27-,28-,29?/m1/s1. The van der Waals surface area contributed by atoms with Crippen molar-refractivity contribution in [1.29, 1.82) is 0 Å². The van der Waals surface area contributed by atoms with Gasteiger partial charge in [0.1, 0.15) is 24.4 Å². The molecular weight excluding hydrogens is 476 g/mol. The number of epoxide rings is 1. The molecule has 37 heavy (non-hydrogen) atoms. The van der Waals surface area contributed by atoms with E-state index in [0.29, 0.717) is 45.3 Å². The number of cyclic esters (lactones) is 1. The van der Waals surface area contributed by atoms with Crippen molar-refractivity contribution in [2.75, 3.05) is 19.8 Å². The first kappa shape index (κ1) is 26.6. The summed E-state index contributed by atoms with van der Waals surface area (Å²) < 4.78 is 30.8. The maximum atomic E-state index is 13.0. The average Bonchev–Trinajstić information content (AvgIpc) is 3.61. The molecule has 3 heterocycles. The Morgan fingerprint density at radius 3 is 2.54 bits per heavy atom. The van der Waals surface area contributed by atoms with E-state index in [2.05, 4.69) is 19.9 Å². The molecule has 5 rings (SSSR count). The summed E-state index contributed by atoms with van der Waals surface area (Å²) in [4.78, 5) is 38.0. The van der Waals surface area contributed by atoms with Crippen LogP contribution in [0.3, 0.4) is 0 Å². The van der Waals surface area contributed by atoms with Crippen molar-refractivity contribution in [2.45, 2.75) is 109 Å². The fourth-order valence-corrected chi connectivity index (χ4v) is 7.23. The van der Waals surface area contributed by atoms with Crippen LogP contribution in [0.2, 0.25) is 0 Å². The molecule has 0 aromatic rings. The lowest BCUT2D eigenvalue weighted by atomic mass is 9.51. The summed E-state index contributed by atoms with van der Waals surface area (Å²) in [6.45, 7) is 8.71. The quantitative estimate of drug-likeness (QED) is 0.293. The van der Waals surface area contributed by atoms with Gasteiger partial charge in [-0.15, -0.1) is 0 Å². The number of rotatable bonds is 1. The van der Waals surface area contributed by atoms with Gasteiger partial charge in [0, 0.05) is 24.3 Å². The summed E-state index contributed by atoms with van der Waals surface area (Å²) >= 11 is 0. The zero-order valence-corrected chi connectivity index (χ0v) is 22.5. The van der Waals surface area contributed by atoms with Gasteiger partial charge in [-0.2, -0.15) is 0 Å². The minimum atomic E-state index is -0.568. The highest BCUT2D eigenvalue weighted by molar-refractivity contribution is 5.82. The van der Waals surface area contributed by atoms with Crippen molar-refractivity contribution in [1.82, 2.24) is 0 Å². The molecule has 0 aromatic heterocycles. The summed E-state index contributed by atoms with van der Waals surface area (Å²) in [5.74, 6) is -0.694. The van der Waals surface area contributed by atoms with Gasteiger partial charge in [0.2, 0.25) is 0 Å². The molecule has 3 aliphatic heterocycles. The minimum Gasteiger partial charge on any atom is -0.462 e. The number of carbonyl (C=O) groups excluding carboxylic acids is 3. The van der Waals surface area contributed by atoms with Gasteiger partial charge in [0.05, 0.1) is 30.8 Å². The molecule has 2 saturated heterocycles. The lowest BCUT2D eigenvalue weighted by molar-refractivity contribution is -0.232. The van der Waals surface area contributed by atoms with Crippen LogP contribution in [-0.4, -0.2) is 67.6 Å². The van der Waals surface area contributed by atoms with Gasteiger partial charge in [-0.25, -0.2) is 4.79 Å². The van der Waals surface area contributed by atoms with E-state index in [1.54, 1.807) is 0 Å². The van der Waals surface area contributed by atoms with Crippen molar-refractivity contribution in [3.63, 3.8) is 0 Å². The maximum Gasteiger partial charge on any atom is 0.330 e. The number of esters is 2. The Labute approximate surface area is 219 Å². The van der Waals surface area contributed by atoms with Gasteiger partial charge in [-0.3, -0.25) is 9.59 Å². The smallest absolute Gasteiger partial charge is 0.330 e. The van der Waals surface area contributed by atoms with Crippen molar-refractivity contribution in [3.05, 3.63) is 23.3 Å². The average molecular weight is 517 g/mol. The SMILES string of the molecule is CC(=O)[C@H]1CCCCC(=O)O[C@@H]2C[C@H]3O[C@@H]4C=C(C)CC[C@]4(COC(=O)/C=C(\C)CCO1)[C@]2(C)C31CO1. The first-order chi connectivity index (χ1) is 17.6. The highest BCUT2D eigenvalue weighted by Gasteiger charge is 2.83. The van der Waals surface area contributed by atoms with E-state index in [9.17, 15) is 14.4 Å². The van der Waals surface area contributed by atoms with Crippen LogP contribution in [0.25, 0.3) is 0 Å². The second-order valence-electron chi connectivity index (χ2n) is 11.9. The van der Waals surface area contributed by atoms with E-state index in [1.165, 1.54) is 18.6 Å². The lowest BCUT2D eigenvalue weighted by Crippen LogP contribution is -2.66. The monoisotopic (exact) mass is 516 g/mol. The predicted molar refractivity (Wildman–Crippen MR) is 134 cm³/mol. The van der Waals surface area contributed by atoms with Gasteiger partial charge in [0.15, 0.2) is 5.78 Å². The number of allylic oxidation sites excluding steroid dienone is 1. The molecule has 0 amide bonds. The Bertz CT molecular complexity index is 1010. The molecule has 7 atom stereocenters. The molecule has 0 aromatic carbocycles. The van der Waals surface area contributed by atoms with Crippen LogP contribution in [0.5, 0.6) is 0 Å². The van der Waals surface area contributed by atoms with Crippen LogP contribution >= 0.6 is 0 Å². The van der Waals surface area contributed by atoms with Crippen LogP contribution < -0.4 is 0 Å². The molecule has 2 bridgehead atoms. The normalized spacial score (nSPS) is 44.3. The zero-order chi connectivity index (χ0) is 26.4. The summed E-state index contributed by atoms with van der Waals surface area (Å²) in [5.41, 5.74) is 0.437. The molecule has 204 valence electrons. The van der Waals surface area contributed by atoms with E-state index in [4.69, 9.17) is 23.7 Å². The fraction of sp³-hybridized carbons (Fsp3) is 0.759. The van der Waals surface area contributed by atoms with Crippen molar-refractivity contribution in [3.8, 4) is 0 Å². The molecule has 3 fully saturated rings. The van der Waals surface area contributed by atoms with Gasteiger partial charge >= 0.3 is 11.9 Å². The minimum absolute atomic E-state index is 0.0319. The van der Waals surface area contributed by atoms with Crippen LogP contribution in [0.1, 0.15) is 79.1 Å². The first-order valence-corrected chi connectivity index (χ1v) is 13.7. The van der Waals surface area contributed by atoms with Gasteiger partial charge in [0.25, 0.3) is 0 Å². The number of hydrogen-bond donors (Lipinski definition) is 0. The van der Waals surface area contributed by atoms with Gasteiger partial charge < -0.3 is 23.7 Å². The summed E-state index contributed by atoms with van der Waals surface area (Å²) in [6.07, 6.45) is 7.23. The molecular formula is C29H40O8. The molecule has 1 unspecified atom stereocenters. The molecule has 0 N–H and O–H groups in total. The molecule has 8 nitrogen and oxygen atoms in total. The van der Waals surface area contributed by atoms with Crippen LogP contribution in [-0.2, 0) is 38.1 Å². The third-order valence-corrected chi connectivity index (χ3v) is 9.69. The number of hydrogen-bond acceptors (Lipinski definition) is 8. The Hall–Kier alpha value is -2.03. The molecule has 1 saturated carbocycles. The molecule has 5 aliphatic rings. The van der Waals surface area contributed by atoms with Crippen molar-refractivity contribution in [2.24, 2.45) is 10.8 Å². The fourth-order valence-electron chi connectivity index (χ4n) is 7.23.